The van der Waals surface area contributed by atoms with Gasteiger partial charge in [-0.25, -0.2) is 0 Å². The Morgan fingerprint density at radius 2 is 1.77 bits per heavy atom. The first-order valence-electron chi connectivity index (χ1n) is 10.9. The number of aliphatic hydroxyl groups excluding tert-OH is 1. The van der Waals surface area contributed by atoms with Crippen molar-refractivity contribution in [2.45, 2.75) is 31.5 Å². The maximum atomic E-state index is 12.2. The fourth-order valence-electron chi connectivity index (χ4n) is 4.22. The minimum Gasteiger partial charge on any atom is -0.392 e. The molecule has 2 aliphatic rings. The standard InChI is InChI=1S/C24H31N3O3/c28-21(18-26-12-14-27(15-13-26)20-8-2-1-3-9-20)10-6-16-30-23-17-19-7-4-5-11-22(19)25-24(23)29/h1-5,7-9,11,21,23,28H,6,10,12-18H2,(H,25,29). The van der Waals surface area contributed by atoms with Gasteiger partial charge in [0, 0.05) is 57.1 Å². The fraction of sp³-hybridized carbons (Fsp3) is 0.458. The number of carbonyl (C=O) groups excluding carboxylic acids is 1. The topological polar surface area (TPSA) is 65.0 Å². The number of amides is 1. The van der Waals surface area contributed by atoms with Crippen molar-refractivity contribution in [3.8, 4) is 0 Å². The summed E-state index contributed by atoms with van der Waals surface area (Å²) < 4.78 is 5.81. The molecule has 2 aromatic rings. The summed E-state index contributed by atoms with van der Waals surface area (Å²) in [4.78, 5) is 16.9. The van der Waals surface area contributed by atoms with Crippen LogP contribution >= 0.6 is 0 Å². The Kier molecular flexibility index (Phi) is 7.00. The minimum atomic E-state index is -0.442. The second-order valence-corrected chi connectivity index (χ2v) is 8.13. The van der Waals surface area contributed by atoms with Crippen LogP contribution < -0.4 is 10.2 Å². The van der Waals surface area contributed by atoms with E-state index in [1.165, 1.54) is 5.69 Å². The van der Waals surface area contributed by atoms with Crippen LogP contribution in [0.3, 0.4) is 0 Å². The van der Waals surface area contributed by atoms with Gasteiger partial charge in [0.1, 0.15) is 6.10 Å². The maximum Gasteiger partial charge on any atom is 0.253 e. The fourth-order valence-corrected chi connectivity index (χ4v) is 4.22. The molecular weight excluding hydrogens is 378 g/mol. The van der Waals surface area contributed by atoms with Crippen LogP contribution in [0.1, 0.15) is 18.4 Å². The number of para-hydroxylation sites is 2. The van der Waals surface area contributed by atoms with E-state index in [1.807, 2.05) is 30.3 Å². The number of aliphatic hydroxyl groups is 1. The zero-order chi connectivity index (χ0) is 20.8. The number of nitrogens with one attached hydrogen (secondary N) is 1. The van der Waals surface area contributed by atoms with Gasteiger partial charge < -0.3 is 20.1 Å². The predicted octanol–water partition coefficient (Wildman–Crippen LogP) is 2.53. The average molecular weight is 410 g/mol. The number of anilines is 2. The molecule has 2 atom stereocenters. The molecule has 0 spiro atoms. The Bertz CT molecular complexity index is 821. The van der Waals surface area contributed by atoms with E-state index < -0.39 is 6.10 Å². The Morgan fingerprint density at radius 3 is 2.57 bits per heavy atom. The van der Waals surface area contributed by atoms with Crippen molar-refractivity contribution in [2.24, 2.45) is 0 Å². The van der Waals surface area contributed by atoms with E-state index >= 15 is 0 Å². The molecule has 4 rings (SSSR count). The number of nitrogens with zero attached hydrogens (tertiary/aromatic N) is 2. The van der Waals surface area contributed by atoms with Gasteiger partial charge in [-0.3, -0.25) is 9.69 Å². The third-order valence-electron chi connectivity index (χ3n) is 5.94. The van der Waals surface area contributed by atoms with E-state index in [9.17, 15) is 9.90 Å². The Labute approximate surface area is 178 Å². The molecule has 2 unspecified atom stereocenters. The highest BCUT2D eigenvalue weighted by Gasteiger charge is 2.26. The van der Waals surface area contributed by atoms with Gasteiger partial charge in [-0.05, 0) is 36.6 Å². The summed E-state index contributed by atoms with van der Waals surface area (Å²) in [6.45, 7) is 5.07. The summed E-state index contributed by atoms with van der Waals surface area (Å²) in [5.41, 5.74) is 3.26. The molecule has 0 radical (unpaired) electrons. The monoisotopic (exact) mass is 409 g/mol. The highest BCUT2D eigenvalue weighted by Crippen LogP contribution is 2.23. The van der Waals surface area contributed by atoms with E-state index in [4.69, 9.17) is 4.74 Å². The van der Waals surface area contributed by atoms with E-state index in [0.717, 1.165) is 43.9 Å². The number of carbonyl (C=O) groups is 1. The van der Waals surface area contributed by atoms with Crippen molar-refractivity contribution in [3.05, 3.63) is 60.2 Å². The first-order chi connectivity index (χ1) is 14.7. The van der Waals surface area contributed by atoms with E-state index in [0.29, 0.717) is 26.0 Å². The molecule has 1 saturated heterocycles. The molecule has 30 heavy (non-hydrogen) atoms. The molecule has 2 N–H and O–H groups in total. The van der Waals surface area contributed by atoms with Crippen LogP contribution in [0.25, 0.3) is 0 Å². The van der Waals surface area contributed by atoms with Gasteiger partial charge in [-0.15, -0.1) is 0 Å². The maximum absolute atomic E-state index is 12.2. The van der Waals surface area contributed by atoms with Crippen molar-refractivity contribution in [1.29, 1.82) is 0 Å². The van der Waals surface area contributed by atoms with Crippen molar-refractivity contribution < 1.29 is 14.6 Å². The number of piperazine rings is 1. The molecule has 0 aliphatic carbocycles. The molecule has 0 aromatic heterocycles. The number of hydrogen-bond acceptors (Lipinski definition) is 5. The third kappa shape index (κ3) is 5.39. The zero-order valence-corrected chi connectivity index (χ0v) is 17.4. The molecule has 1 amide bonds. The molecule has 0 saturated carbocycles. The highest BCUT2D eigenvalue weighted by atomic mass is 16.5. The summed E-state index contributed by atoms with van der Waals surface area (Å²) in [6.07, 6.45) is 1.23. The van der Waals surface area contributed by atoms with E-state index in [2.05, 4.69) is 39.4 Å². The van der Waals surface area contributed by atoms with Crippen molar-refractivity contribution in [2.75, 3.05) is 49.5 Å². The summed E-state index contributed by atoms with van der Waals surface area (Å²) in [5, 5.41) is 13.3. The summed E-state index contributed by atoms with van der Waals surface area (Å²) in [6, 6.07) is 18.3. The number of β-amino-alcohol motifs (C(OH)–C–C–N with tert-alkyl or cyclic N) is 1. The molecule has 2 heterocycles. The van der Waals surface area contributed by atoms with Crippen LogP contribution in [-0.2, 0) is 16.0 Å². The molecule has 6 heteroatoms. The van der Waals surface area contributed by atoms with Crippen molar-refractivity contribution in [3.63, 3.8) is 0 Å². The molecule has 1 fully saturated rings. The molecule has 160 valence electrons. The van der Waals surface area contributed by atoms with Gasteiger partial charge in [0.25, 0.3) is 5.91 Å². The van der Waals surface area contributed by atoms with Crippen molar-refractivity contribution in [1.82, 2.24) is 4.90 Å². The number of ether oxygens (including phenoxy) is 1. The lowest BCUT2D eigenvalue weighted by Gasteiger charge is -2.37. The minimum absolute atomic E-state index is 0.0782. The smallest absolute Gasteiger partial charge is 0.253 e. The van der Waals surface area contributed by atoms with E-state index in [1.54, 1.807) is 0 Å². The number of rotatable bonds is 8. The predicted molar refractivity (Wildman–Crippen MR) is 119 cm³/mol. The van der Waals surface area contributed by atoms with Gasteiger partial charge >= 0.3 is 0 Å². The van der Waals surface area contributed by atoms with E-state index in [-0.39, 0.29) is 12.0 Å². The van der Waals surface area contributed by atoms with Gasteiger partial charge in [0.15, 0.2) is 0 Å². The normalized spacial score (nSPS) is 20.5. The second-order valence-electron chi connectivity index (χ2n) is 8.13. The van der Waals surface area contributed by atoms with Crippen LogP contribution in [0.5, 0.6) is 0 Å². The number of fused-ring (bicyclic) bond motifs is 1. The van der Waals surface area contributed by atoms with Gasteiger partial charge in [0.05, 0.1) is 6.10 Å². The molecule has 2 aromatic carbocycles. The number of hydrogen-bond donors (Lipinski definition) is 2. The van der Waals surface area contributed by atoms with Crippen molar-refractivity contribution >= 4 is 17.3 Å². The zero-order valence-electron chi connectivity index (χ0n) is 17.4. The second kappa shape index (κ2) is 10.1. The highest BCUT2D eigenvalue weighted by molar-refractivity contribution is 5.97. The van der Waals surface area contributed by atoms with Crippen LogP contribution in [0.15, 0.2) is 54.6 Å². The summed E-state index contributed by atoms with van der Waals surface area (Å²) >= 11 is 0. The largest absolute Gasteiger partial charge is 0.392 e. The Balaban J connectivity index is 1.12. The Morgan fingerprint density at radius 1 is 1.03 bits per heavy atom. The van der Waals surface area contributed by atoms with Crippen LogP contribution in [0.2, 0.25) is 0 Å². The summed E-state index contributed by atoms with van der Waals surface area (Å²) in [7, 11) is 0. The number of benzene rings is 2. The van der Waals surface area contributed by atoms with Crippen LogP contribution in [0.4, 0.5) is 11.4 Å². The SMILES string of the molecule is O=C1Nc2ccccc2CC1OCCCC(O)CN1CCN(c2ccccc2)CC1. The van der Waals surface area contributed by atoms with Crippen LogP contribution in [0, 0.1) is 0 Å². The lowest BCUT2D eigenvalue weighted by Crippen LogP contribution is -2.48. The first kappa shape index (κ1) is 20.8. The van der Waals surface area contributed by atoms with Gasteiger partial charge in [-0.1, -0.05) is 36.4 Å². The lowest BCUT2D eigenvalue weighted by molar-refractivity contribution is -0.128. The molecule has 2 aliphatic heterocycles. The average Bonchev–Trinajstić information content (AvgIpc) is 2.78. The van der Waals surface area contributed by atoms with Gasteiger partial charge in [0.2, 0.25) is 0 Å². The Hall–Kier alpha value is -2.41. The quantitative estimate of drug-likeness (QED) is 0.656. The molecule has 0 bridgehead atoms. The summed E-state index contributed by atoms with van der Waals surface area (Å²) in [5.74, 6) is -0.0782. The third-order valence-corrected chi connectivity index (χ3v) is 5.94. The van der Waals surface area contributed by atoms with Gasteiger partial charge in [-0.2, -0.15) is 0 Å². The van der Waals surface area contributed by atoms with Crippen LogP contribution in [-0.4, -0.2) is 67.5 Å². The molecule has 6 nitrogen and oxygen atoms in total. The molecular formula is C24H31N3O3. The lowest BCUT2D eigenvalue weighted by atomic mass is 10.0. The first-order valence-corrected chi connectivity index (χ1v) is 10.9.